The molecule has 1 atom stereocenters. The number of hydrogen-bond donors (Lipinski definition) is 1. The van der Waals surface area contributed by atoms with E-state index in [0.29, 0.717) is 6.61 Å². The predicted octanol–water partition coefficient (Wildman–Crippen LogP) is 1.03. The van der Waals surface area contributed by atoms with Crippen LogP contribution in [0.15, 0.2) is 0 Å². The maximum Gasteiger partial charge on any atom is 0.326 e. The SMILES string of the molecule is CCOC(C)C(OCC)(OCC)S(=O)(=O)O. The normalized spacial score (nSPS) is 15.1. The van der Waals surface area contributed by atoms with Crippen LogP contribution in [0, 0.1) is 0 Å². The summed E-state index contributed by atoms with van der Waals surface area (Å²) in [6.45, 7) is 6.86. The van der Waals surface area contributed by atoms with Gasteiger partial charge in [0.05, 0.1) is 0 Å². The van der Waals surface area contributed by atoms with Crippen molar-refractivity contribution in [2.45, 2.75) is 38.9 Å². The number of ether oxygens (including phenoxy) is 3. The Bertz CT molecular complexity index is 280. The molecule has 7 heteroatoms. The van der Waals surface area contributed by atoms with Crippen LogP contribution in [0.1, 0.15) is 27.7 Å². The van der Waals surface area contributed by atoms with Gasteiger partial charge in [-0.25, -0.2) is 0 Å². The van der Waals surface area contributed by atoms with Gasteiger partial charge in [-0.15, -0.1) is 0 Å². The smallest absolute Gasteiger partial charge is 0.326 e. The van der Waals surface area contributed by atoms with E-state index in [1.807, 2.05) is 0 Å². The van der Waals surface area contributed by atoms with Crippen molar-refractivity contribution >= 4 is 10.1 Å². The first kappa shape index (κ1) is 15.8. The lowest BCUT2D eigenvalue weighted by Crippen LogP contribution is -2.53. The molecule has 6 nitrogen and oxygen atoms in total. The molecule has 0 saturated carbocycles. The Balaban J connectivity index is 5.24. The van der Waals surface area contributed by atoms with Crippen LogP contribution >= 0.6 is 0 Å². The van der Waals surface area contributed by atoms with Gasteiger partial charge in [0.2, 0.25) is 0 Å². The molecule has 98 valence electrons. The second-order valence-electron chi connectivity index (χ2n) is 3.04. The van der Waals surface area contributed by atoms with Crippen molar-refractivity contribution in [1.29, 1.82) is 0 Å². The van der Waals surface area contributed by atoms with Crippen LogP contribution in [0.3, 0.4) is 0 Å². The summed E-state index contributed by atoms with van der Waals surface area (Å²) in [5.41, 5.74) is 0. The Morgan fingerprint density at radius 1 is 1.12 bits per heavy atom. The molecule has 0 aromatic carbocycles. The highest BCUT2D eigenvalue weighted by Crippen LogP contribution is 2.27. The highest BCUT2D eigenvalue weighted by atomic mass is 32.2. The van der Waals surface area contributed by atoms with E-state index in [9.17, 15) is 13.0 Å². The van der Waals surface area contributed by atoms with Gasteiger partial charge >= 0.3 is 15.2 Å². The molecule has 0 radical (unpaired) electrons. The van der Waals surface area contributed by atoms with E-state index in [2.05, 4.69) is 0 Å². The first-order valence-electron chi connectivity index (χ1n) is 5.22. The van der Waals surface area contributed by atoms with Crippen LogP contribution in [0.2, 0.25) is 0 Å². The van der Waals surface area contributed by atoms with Crippen LogP contribution in [0.25, 0.3) is 0 Å². The van der Waals surface area contributed by atoms with Gasteiger partial charge in [0, 0.05) is 19.8 Å². The molecule has 0 aliphatic rings. The molecule has 0 aliphatic heterocycles. The molecule has 0 aromatic heterocycles. The van der Waals surface area contributed by atoms with Crippen LogP contribution in [-0.4, -0.2) is 44.0 Å². The maximum absolute atomic E-state index is 11.4. The predicted molar refractivity (Wildman–Crippen MR) is 58.6 cm³/mol. The molecule has 0 saturated heterocycles. The molecule has 16 heavy (non-hydrogen) atoms. The summed E-state index contributed by atoms with van der Waals surface area (Å²) in [6.07, 6.45) is -0.924. The monoisotopic (exact) mass is 256 g/mol. The minimum absolute atomic E-state index is 0.0806. The molecular formula is C9H20O6S. The van der Waals surface area contributed by atoms with Crippen molar-refractivity contribution in [2.24, 2.45) is 0 Å². The molecule has 0 aliphatic carbocycles. The maximum atomic E-state index is 11.4. The van der Waals surface area contributed by atoms with Crippen LogP contribution in [0.5, 0.6) is 0 Å². The molecule has 1 N–H and O–H groups in total. The molecule has 0 bridgehead atoms. The van der Waals surface area contributed by atoms with Gasteiger partial charge in [-0.2, -0.15) is 8.42 Å². The Morgan fingerprint density at radius 3 is 1.81 bits per heavy atom. The average Bonchev–Trinajstić information content (AvgIpc) is 2.15. The molecule has 1 unspecified atom stereocenters. The summed E-state index contributed by atoms with van der Waals surface area (Å²) >= 11 is 0. The minimum Gasteiger partial charge on any atom is -0.372 e. The largest absolute Gasteiger partial charge is 0.372 e. The van der Waals surface area contributed by atoms with Gasteiger partial charge in [0.1, 0.15) is 6.10 Å². The molecule has 0 heterocycles. The van der Waals surface area contributed by atoms with Crippen LogP contribution in [-0.2, 0) is 24.3 Å². The summed E-state index contributed by atoms with van der Waals surface area (Å²) in [7, 11) is -4.54. The van der Waals surface area contributed by atoms with Gasteiger partial charge in [0.15, 0.2) is 0 Å². The standard InChI is InChI=1S/C9H20O6S/c1-5-13-8(4)9(14-6-2,15-7-3)16(10,11)12/h8H,5-7H2,1-4H3,(H,10,11,12). The first-order chi connectivity index (χ1) is 7.35. The Kier molecular flexibility index (Phi) is 6.42. The quantitative estimate of drug-likeness (QED) is 0.516. The van der Waals surface area contributed by atoms with Crippen molar-refractivity contribution in [3.05, 3.63) is 0 Å². The highest BCUT2D eigenvalue weighted by molar-refractivity contribution is 7.87. The number of hydrogen-bond acceptors (Lipinski definition) is 5. The third kappa shape index (κ3) is 3.39. The first-order valence-corrected chi connectivity index (χ1v) is 6.66. The van der Waals surface area contributed by atoms with E-state index >= 15 is 0 Å². The zero-order chi connectivity index (χ0) is 12.8. The topological polar surface area (TPSA) is 82.1 Å². The lowest BCUT2D eigenvalue weighted by Gasteiger charge is -2.34. The lowest BCUT2D eigenvalue weighted by atomic mass is 10.4. The highest BCUT2D eigenvalue weighted by Gasteiger charge is 2.51. The summed E-state index contributed by atoms with van der Waals surface area (Å²) in [5.74, 6) is 0. The zero-order valence-corrected chi connectivity index (χ0v) is 10.9. The molecule has 0 aromatic rings. The molecule has 0 amide bonds. The van der Waals surface area contributed by atoms with Crippen LogP contribution in [0.4, 0.5) is 0 Å². The molecule has 0 fully saturated rings. The van der Waals surface area contributed by atoms with Gasteiger partial charge in [-0.1, -0.05) is 0 Å². The molecular weight excluding hydrogens is 236 g/mol. The second-order valence-corrected chi connectivity index (χ2v) is 4.56. The zero-order valence-electron chi connectivity index (χ0n) is 10.1. The van der Waals surface area contributed by atoms with E-state index < -0.39 is 21.3 Å². The Hall–Kier alpha value is -0.210. The van der Waals surface area contributed by atoms with E-state index in [-0.39, 0.29) is 13.2 Å². The van der Waals surface area contributed by atoms with E-state index in [1.165, 1.54) is 6.92 Å². The third-order valence-corrected chi connectivity index (χ3v) is 3.25. The van der Waals surface area contributed by atoms with Gasteiger partial charge in [-0.3, -0.25) is 4.55 Å². The fraction of sp³-hybridized carbons (Fsp3) is 1.00. The van der Waals surface area contributed by atoms with Crippen LogP contribution < -0.4 is 0 Å². The second kappa shape index (κ2) is 6.51. The summed E-state index contributed by atoms with van der Waals surface area (Å²) < 4.78 is 47.3. The van der Waals surface area contributed by atoms with Crippen molar-refractivity contribution < 1.29 is 27.2 Å². The third-order valence-electron chi connectivity index (χ3n) is 1.97. The van der Waals surface area contributed by atoms with Crippen molar-refractivity contribution in [3.63, 3.8) is 0 Å². The lowest BCUT2D eigenvalue weighted by molar-refractivity contribution is -0.232. The Labute approximate surface area is 96.6 Å². The van der Waals surface area contributed by atoms with Gasteiger partial charge < -0.3 is 14.2 Å². The summed E-state index contributed by atoms with van der Waals surface area (Å²) in [6, 6.07) is 0. The molecule has 0 spiro atoms. The van der Waals surface area contributed by atoms with E-state index in [1.54, 1.807) is 20.8 Å². The van der Waals surface area contributed by atoms with Gasteiger partial charge in [0.25, 0.3) is 0 Å². The fourth-order valence-corrected chi connectivity index (χ4v) is 2.41. The average molecular weight is 256 g/mol. The van der Waals surface area contributed by atoms with Crippen molar-refractivity contribution in [3.8, 4) is 0 Å². The molecule has 0 rings (SSSR count). The van der Waals surface area contributed by atoms with E-state index in [4.69, 9.17) is 14.2 Å². The van der Waals surface area contributed by atoms with Gasteiger partial charge in [-0.05, 0) is 27.7 Å². The number of rotatable bonds is 8. The summed E-state index contributed by atoms with van der Waals surface area (Å²) in [5, 5.41) is -2.15. The minimum atomic E-state index is -4.54. The summed E-state index contributed by atoms with van der Waals surface area (Å²) in [4.78, 5) is 0. The van der Waals surface area contributed by atoms with Crippen molar-refractivity contribution in [2.75, 3.05) is 19.8 Å². The fourth-order valence-electron chi connectivity index (χ4n) is 1.39. The van der Waals surface area contributed by atoms with Crippen molar-refractivity contribution in [1.82, 2.24) is 0 Å². The van der Waals surface area contributed by atoms with E-state index in [0.717, 1.165) is 0 Å². The Morgan fingerprint density at radius 2 is 1.56 bits per heavy atom.